The summed E-state index contributed by atoms with van der Waals surface area (Å²) in [4.78, 5) is 17.6. The number of aromatic nitrogens is 2. The van der Waals surface area contributed by atoms with Crippen molar-refractivity contribution in [3.63, 3.8) is 0 Å². The lowest BCUT2D eigenvalue weighted by atomic mass is 9.98. The highest BCUT2D eigenvalue weighted by atomic mass is 32.2. The fraction of sp³-hybridized carbons (Fsp3) is 0.154. The summed E-state index contributed by atoms with van der Waals surface area (Å²) in [6.45, 7) is 2.66. The average Bonchev–Trinajstić information content (AvgIpc) is 3.25. The first-order chi connectivity index (χ1) is 15.2. The van der Waals surface area contributed by atoms with Crippen molar-refractivity contribution in [2.24, 2.45) is 0 Å². The molecular weight excluding hydrogens is 402 g/mol. The van der Waals surface area contributed by atoms with Crippen LogP contribution in [0.15, 0.2) is 109 Å². The van der Waals surface area contributed by atoms with Crippen molar-refractivity contribution in [1.82, 2.24) is 14.9 Å². The molecule has 5 heteroatoms. The van der Waals surface area contributed by atoms with Crippen LogP contribution in [0.5, 0.6) is 0 Å². The van der Waals surface area contributed by atoms with Crippen LogP contribution in [0.4, 0.5) is 0 Å². The third kappa shape index (κ3) is 5.44. The smallest absolute Gasteiger partial charge is 0.234 e. The van der Waals surface area contributed by atoms with Gasteiger partial charge in [0.1, 0.15) is 0 Å². The Hall–Kier alpha value is -3.31. The monoisotopic (exact) mass is 427 g/mol. The summed E-state index contributed by atoms with van der Waals surface area (Å²) < 4.78 is 2.08. The van der Waals surface area contributed by atoms with Gasteiger partial charge in [-0.3, -0.25) is 4.79 Å². The fourth-order valence-corrected chi connectivity index (χ4v) is 4.31. The molecule has 1 atom stereocenters. The van der Waals surface area contributed by atoms with E-state index in [0.717, 1.165) is 22.8 Å². The predicted molar refractivity (Wildman–Crippen MR) is 126 cm³/mol. The van der Waals surface area contributed by atoms with Crippen LogP contribution >= 0.6 is 11.8 Å². The molecular formula is C26H25N3OS. The minimum absolute atomic E-state index is 0.0167. The minimum atomic E-state index is -0.285. The second-order valence-electron chi connectivity index (χ2n) is 7.35. The van der Waals surface area contributed by atoms with Gasteiger partial charge in [0.25, 0.3) is 0 Å². The lowest BCUT2D eigenvalue weighted by molar-refractivity contribution is -0.120. The summed E-state index contributed by atoms with van der Waals surface area (Å²) in [5.74, 6) is -0.0167. The Balaban J connectivity index is 1.47. The minimum Gasteiger partial charge on any atom is -0.344 e. The van der Waals surface area contributed by atoms with Crippen LogP contribution in [0.2, 0.25) is 0 Å². The maximum Gasteiger partial charge on any atom is 0.234 e. The van der Waals surface area contributed by atoms with Crippen molar-refractivity contribution in [3.8, 4) is 0 Å². The van der Waals surface area contributed by atoms with Gasteiger partial charge in [-0.15, -0.1) is 0 Å². The molecule has 4 nitrogen and oxygen atoms in total. The van der Waals surface area contributed by atoms with Gasteiger partial charge in [-0.1, -0.05) is 103 Å². The fourth-order valence-electron chi connectivity index (χ4n) is 3.44. The number of benzene rings is 3. The first-order valence-electron chi connectivity index (χ1n) is 10.3. The molecule has 156 valence electrons. The van der Waals surface area contributed by atoms with E-state index in [4.69, 9.17) is 0 Å². The van der Waals surface area contributed by atoms with E-state index in [-0.39, 0.29) is 17.2 Å². The normalized spacial score (nSPS) is 11.9. The number of hydrogen-bond donors (Lipinski definition) is 1. The van der Waals surface area contributed by atoms with Crippen molar-refractivity contribution in [1.29, 1.82) is 0 Å². The largest absolute Gasteiger partial charge is 0.344 e. The van der Waals surface area contributed by atoms with Crippen molar-refractivity contribution in [2.45, 2.75) is 29.9 Å². The molecule has 0 radical (unpaired) electrons. The first kappa shape index (κ1) is 20.9. The number of thioether (sulfide) groups is 1. The van der Waals surface area contributed by atoms with E-state index in [1.807, 2.05) is 92.0 Å². The van der Waals surface area contributed by atoms with Crippen molar-refractivity contribution >= 4 is 17.7 Å². The maximum absolute atomic E-state index is 13.1. The van der Waals surface area contributed by atoms with Gasteiger partial charge in [0.15, 0.2) is 5.16 Å². The zero-order chi connectivity index (χ0) is 21.5. The number of amides is 1. The van der Waals surface area contributed by atoms with Crippen LogP contribution in [0, 0.1) is 0 Å². The molecule has 4 rings (SSSR count). The van der Waals surface area contributed by atoms with Gasteiger partial charge in [-0.05, 0) is 23.6 Å². The number of imidazole rings is 1. The van der Waals surface area contributed by atoms with Crippen LogP contribution < -0.4 is 5.32 Å². The molecule has 0 aliphatic heterocycles. The summed E-state index contributed by atoms with van der Waals surface area (Å²) in [5.41, 5.74) is 3.32. The summed E-state index contributed by atoms with van der Waals surface area (Å²) >= 11 is 1.48. The molecule has 0 bridgehead atoms. The van der Waals surface area contributed by atoms with Crippen molar-refractivity contribution < 1.29 is 4.79 Å². The van der Waals surface area contributed by atoms with E-state index in [1.165, 1.54) is 17.3 Å². The Bertz CT molecular complexity index is 1060. The molecule has 1 aromatic heterocycles. The molecule has 4 aromatic rings. The molecule has 0 aliphatic rings. The maximum atomic E-state index is 13.1. The number of hydrogen-bond acceptors (Lipinski definition) is 3. The Labute approximate surface area is 187 Å². The topological polar surface area (TPSA) is 46.9 Å². The molecule has 0 aliphatic carbocycles. The number of carbonyl (C=O) groups is 1. The average molecular weight is 428 g/mol. The second kappa shape index (κ2) is 10.1. The van der Waals surface area contributed by atoms with Gasteiger partial charge in [-0.25, -0.2) is 4.98 Å². The van der Waals surface area contributed by atoms with Crippen molar-refractivity contribution in [2.75, 3.05) is 0 Å². The molecule has 3 aromatic carbocycles. The third-order valence-electron chi connectivity index (χ3n) is 5.08. The molecule has 31 heavy (non-hydrogen) atoms. The second-order valence-corrected chi connectivity index (χ2v) is 8.65. The Morgan fingerprint density at radius 1 is 0.903 bits per heavy atom. The molecule has 0 fully saturated rings. The standard InChI is InChI=1S/C26H25N3OS/c1-20(31-26-27-17-18-29(26)19-21-11-5-2-6-12-21)25(30)28-24(22-13-7-3-8-14-22)23-15-9-4-10-16-23/h2-18,20,24H,19H2,1H3,(H,28,30). The number of nitrogens with zero attached hydrogens (tertiary/aromatic N) is 2. The van der Waals surface area contributed by atoms with Gasteiger partial charge in [0.2, 0.25) is 5.91 Å². The molecule has 0 spiro atoms. The Morgan fingerprint density at radius 2 is 1.45 bits per heavy atom. The molecule has 1 N–H and O–H groups in total. The van der Waals surface area contributed by atoms with Gasteiger partial charge >= 0.3 is 0 Å². The van der Waals surface area contributed by atoms with Crippen LogP contribution in [0.3, 0.4) is 0 Å². The van der Waals surface area contributed by atoms with E-state index in [2.05, 4.69) is 27.0 Å². The lowest BCUT2D eigenvalue weighted by Crippen LogP contribution is -2.35. The van der Waals surface area contributed by atoms with Crippen molar-refractivity contribution in [3.05, 3.63) is 120 Å². The lowest BCUT2D eigenvalue weighted by Gasteiger charge is -2.22. The van der Waals surface area contributed by atoms with E-state index in [9.17, 15) is 4.79 Å². The van der Waals surface area contributed by atoms with Crippen LogP contribution in [0.25, 0.3) is 0 Å². The molecule has 1 unspecified atom stereocenters. The van der Waals surface area contributed by atoms with E-state index in [0.29, 0.717) is 0 Å². The van der Waals surface area contributed by atoms with Crippen LogP contribution in [-0.4, -0.2) is 20.7 Å². The van der Waals surface area contributed by atoms with Gasteiger partial charge in [0.05, 0.1) is 11.3 Å². The number of nitrogens with one attached hydrogen (secondary N) is 1. The van der Waals surface area contributed by atoms with E-state index < -0.39 is 0 Å². The first-order valence-corrected chi connectivity index (χ1v) is 11.2. The quantitative estimate of drug-likeness (QED) is 0.387. The SMILES string of the molecule is CC(Sc1nccn1Cc1ccccc1)C(=O)NC(c1ccccc1)c1ccccc1. The predicted octanol–water partition coefficient (Wildman–Crippen LogP) is 5.32. The van der Waals surface area contributed by atoms with E-state index >= 15 is 0 Å². The van der Waals surface area contributed by atoms with Gasteiger partial charge in [-0.2, -0.15) is 0 Å². The third-order valence-corrected chi connectivity index (χ3v) is 6.20. The zero-order valence-corrected chi connectivity index (χ0v) is 18.2. The highest BCUT2D eigenvalue weighted by molar-refractivity contribution is 8.00. The highest BCUT2D eigenvalue weighted by Gasteiger charge is 2.22. The summed E-state index contributed by atoms with van der Waals surface area (Å²) in [5, 5.41) is 3.78. The van der Waals surface area contributed by atoms with Gasteiger partial charge < -0.3 is 9.88 Å². The van der Waals surface area contributed by atoms with Crippen LogP contribution in [-0.2, 0) is 11.3 Å². The molecule has 1 amide bonds. The highest BCUT2D eigenvalue weighted by Crippen LogP contribution is 2.26. The van der Waals surface area contributed by atoms with Crippen LogP contribution in [0.1, 0.15) is 29.7 Å². The zero-order valence-electron chi connectivity index (χ0n) is 17.4. The number of carbonyl (C=O) groups excluding carboxylic acids is 1. The molecule has 1 heterocycles. The summed E-state index contributed by atoms with van der Waals surface area (Å²) in [6, 6.07) is 30.2. The summed E-state index contributed by atoms with van der Waals surface area (Å²) in [7, 11) is 0. The molecule has 0 saturated heterocycles. The molecule has 0 saturated carbocycles. The Morgan fingerprint density at radius 3 is 2.03 bits per heavy atom. The van der Waals surface area contributed by atoms with Gasteiger partial charge in [0, 0.05) is 18.9 Å². The Kier molecular flexibility index (Phi) is 6.85. The van der Waals surface area contributed by atoms with E-state index in [1.54, 1.807) is 6.20 Å². The summed E-state index contributed by atoms with van der Waals surface area (Å²) in [6.07, 6.45) is 3.74. The number of rotatable bonds is 8.